The number of hydrogen-bond acceptors (Lipinski definition) is 3. The summed E-state index contributed by atoms with van der Waals surface area (Å²) in [4.78, 5) is 11.0. The van der Waals surface area contributed by atoms with Gasteiger partial charge in [0.15, 0.2) is 0 Å². The van der Waals surface area contributed by atoms with Crippen molar-refractivity contribution >= 4 is 27.6 Å². The maximum Gasteiger partial charge on any atom is 0.330 e. The minimum absolute atomic E-state index is 0.143. The Labute approximate surface area is 112 Å². The minimum Gasteiger partial charge on any atom is -0.463 e. The lowest BCUT2D eigenvalue weighted by molar-refractivity contribution is -0.137. The number of carbonyl (C=O) groups excluding carboxylic acids is 1. The van der Waals surface area contributed by atoms with E-state index in [4.69, 9.17) is 0 Å². The summed E-state index contributed by atoms with van der Waals surface area (Å²) in [6.07, 6.45) is 2.74. The van der Waals surface area contributed by atoms with Crippen molar-refractivity contribution in [1.82, 2.24) is 0 Å². The molecule has 0 aliphatic rings. The Kier molecular flexibility index (Phi) is 5.77. The van der Waals surface area contributed by atoms with E-state index >= 15 is 0 Å². The molecule has 0 heterocycles. The van der Waals surface area contributed by atoms with Gasteiger partial charge in [0.25, 0.3) is 0 Å². The van der Waals surface area contributed by atoms with Crippen LogP contribution < -0.4 is 5.32 Å². The van der Waals surface area contributed by atoms with Crippen molar-refractivity contribution in [2.45, 2.75) is 6.92 Å². The third kappa shape index (κ3) is 4.44. The Bertz CT molecular complexity index is 440. The molecule has 18 heavy (non-hydrogen) atoms. The second-order valence-corrected chi connectivity index (χ2v) is 4.13. The lowest BCUT2D eigenvalue weighted by Crippen LogP contribution is -2.04. The summed E-state index contributed by atoms with van der Waals surface area (Å²) >= 11 is 3.05. The monoisotopic (exact) mass is 319 g/mol. The molecule has 1 aromatic rings. The van der Waals surface area contributed by atoms with Crippen LogP contribution in [0.25, 0.3) is 0 Å². The molecule has 0 spiro atoms. The fourth-order valence-corrected chi connectivity index (χ4v) is 1.77. The molecule has 0 radical (unpaired) electrons. The van der Waals surface area contributed by atoms with Gasteiger partial charge >= 0.3 is 5.97 Å². The first-order chi connectivity index (χ1) is 8.54. The molecule has 0 bridgehead atoms. The van der Waals surface area contributed by atoms with Crippen LogP contribution in [0.3, 0.4) is 0 Å². The number of halogens is 3. The highest BCUT2D eigenvalue weighted by Gasteiger charge is 2.08. The van der Waals surface area contributed by atoms with E-state index in [0.717, 1.165) is 12.1 Å². The van der Waals surface area contributed by atoms with Crippen molar-refractivity contribution < 1.29 is 18.3 Å². The quantitative estimate of drug-likeness (QED) is 0.668. The van der Waals surface area contributed by atoms with Gasteiger partial charge in [0.1, 0.15) is 11.6 Å². The minimum atomic E-state index is -0.702. The van der Waals surface area contributed by atoms with E-state index in [2.05, 4.69) is 26.0 Å². The van der Waals surface area contributed by atoms with E-state index in [0.29, 0.717) is 6.61 Å². The second-order valence-electron chi connectivity index (χ2n) is 3.28. The van der Waals surface area contributed by atoms with Gasteiger partial charge in [-0.3, -0.25) is 0 Å². The molecule has 3 nitrogen and oxygen atoms in total. The van der Waals surface area contributed by atoms with Gasteiger partial charge < -0.3 is 10.1 Å². The molecule has 1 rings (SSSR count). The van der Waals surface area contributed by atoms with Crippen molar-refractivity contribution in [3.05, 3.63) is 40.4 Å². The van der Waals surface area contributed by atoms with E-state index in [1.807, 2.05) is 0 Å². The fourth-order valence-electron chi connectivity index (χ4n) is 1.22. The predicted molar refractivity (Wildman–Crippen MR) is 68.3 cm³/mol. The lowest BCUT2D eigenvalue weighted by Gasteiger charge is -2.07. The molecule has 1 aromatic carbocycles. The van der Waals surface area contributed by atoms with Gasteiger partial charge in [0.05, 0.1) is 12.3 Å². The number of esters is 1. The van der Waals surface area contributed by atoms with E-state index in [1.54, 1.807) is 6.92 Å². The van der Waals surface area contributed by atoms with Gasteiger partial charge in [0.2, 0.25) is 0 Å². The van der Waals surface area contributed by atoms with Gasteiger partial charge in [-0.25, -0.2) is 13.6 Å². The van der Waals surface area contributed by atoms with Gasteiger partial charge in [-0.1, -0.05) is 6.08 Å². The van der Waals surface area contributed by atoms with E-state index in [-0.39, 0.29) is 16.7 Å². The van der Waals surface area contributed by atoms with Crippen molar-refractivity contribution in [2.24, 2.45) is 0 Å². The average Bonchev–Trinajstić information content (AvgIpc) is 2.27. The highest BCUT2D eigenvalue weighted by atomic mass is 79.9. The molecule has 0 saturated carbocycles. The van der Waals surface area contributed by atoms with Gasteiger partial charge in [-0.05, 0) is 28.9 Å². The molecular weight excluding hydrogens is 308 g/mol. The van der Waals surface area contributed by atoms with Crippen molar-refractivity contribution in [2.75, 3.05) is 18.5 Å². The van der Waals surface area contributed by atoms with E-state index in [1.165, 1.54) is 12.2 Å². The normalized spacial score (nSPS) is 10.7. The zero-order valence-corrected chi connectivity index (χ0v) is 11.3. The lowest BCUT2D eigenvalue weighted by atomic mass is 10.3. The number of hydrogen-bond donors (Lipinski definition) is 1. The van der Waals surface area contributed by atoms with Crippen molar-refractivity contribution in [1.29, 1.82) is 0 Å². The maximum absolute atomic E-state index is 13.4. The molecule has 0 saturated heterocycles. The smallest absolute Gasteiger partial charge is 0.330 e. The predicted octanol–water partition coefficient (Wildman–Crippen LogP) is 3.26. The maximum atomic E-state index is 13.4. The number of nitrogens with one attached hydrogen (secondary N) is 1. The summed E-state index contributed by atoms with van der Waals surface area (Å²) in [6.45, 7) is 2.23. The fraction of sp³-hybridized carbons (Fsp3) is 0.250. The third-order valence-corrected chi connectivity index (χ3v) is 2.57. The van der Waals surface area contributed by atoms with E-state index in [9.17, 15) is 13.6 Å². The first kappa shape index (κ1) is 14.6. The molecule has 0 amide bonds. The average molecular weight is 320 g/mol. The molecule has 98 valence electrons. The number of anilines is 1. The summed E-state index contributed by atoms with van der Waals surface area (Å²) in [5.74, 6) is -1.82. The number of ether oxygens (including phenoxy) is 1. The van der Waals surface area contributed by atoms with Crippen LogP contribution in [0.4, 0.5) is 14.5 Å². The van der Waals surface area contributed by atoms with Crippen molar-refractivity contribution in [3.8, 4) is 0 Å². The van der Waals surface area contributed by atoms with Crippen LogP contribution in [0.2, 0.25) is 0 Å². The highest BCUT2D eigenvalue weighted by molar-refractivity contribution is 9.10. The number of benzene rings is 1. The molecule has 0 atom stereocenters. The summed E-state index contributed by atoms with van der Waals surface area (Å²) in [5, 5.41) is 2.72. The molecule has 6 heteroatoms. The second kappa shape index (κ2) is 7.10. The van der Waals surface area contributed by atoms with Gasteiger partial charge in [-0.15, -0.1) is 0 Å². The first-order valence-corrected chi connectivity index (χ1v) is 6.05. The van der Waals surface area contributed by atoms with Crippen LogP contribution >= 0.6 is 15.9 Å². The van der Waals surface area contributed by atoms with Crippen LogP contribution in [0.5, 0.6) is 0 Å². The molecule has 0 unspecified atom stereocenters. The van der Waals surface area contributed by atoms with Gasteiger partial charge in [0, 0.05) is 23.2 Å². The summed E-state index contributed by atoms with van der Waals surface area (Å²) in [6, 6.07) is 1.93. The van der Waals surface area contributed by atoms with Crippen LogP contribution in [0.15, 0.2) is 28.8 Å². The standard InChI is InChI=1S/C12H12BrF2NO2/c1-2-18-11(17)4-3-5-16-12-9(13)6-8(14)7-10(12)15/h3-4,6-7,16H,2,5H2,1H3/b4-3+. The number of carbonyl (C=O) groups is 1. The van der Waals surface area contributed by atoms with Crippen molar-refractivity contribution in [3.63, 3.8) is 0 Å². The first-order valence-electron chi connectivity index (χ1n) is 5.26. The Morgan fingerprint density at radius 1 is 1.50 bits per heavy atom. The topological polar surface area (TPSA) is 38.3 Å². The molecule has 0 aromatic heterocycles. The Hall–Kier alpha value is -1.43. The Balaban J connectivity index is 2.57. The van der Waals surface area contributed by atoms with E-state index < -0.39 is 17.6 Å². The summed E-state index contributed by atoms with van der Waals surface area (Å²) < 4.78 is 31.1. The van der Waals surface area contributed by atoms with Crippen LogP contribution in [-0.2, 0) is 9.53 Å². The highest BCUT2D eigenvalue weighted by Crippen LogP contribution is 2.26. The summed E-state index contributed by atoms with van der Waals surface area (Å²) in [5.41, 5.74) is 0.143. The van der Waals surface area contributed by atoms with Crippen LogP contribution in [0, 0.1) is 11.6 Å². The third-order valence-electron chi connectivity index (χ3n) is 1.94. The molecule has 0 fully saturated rings. The SMILES string of the molecule is CCOC(=O)/C=C/CNc1c(F)cc(F)cc1Br. The van der Waals surface area contributed by atoms with Crippen LogP contribution in [0.1, 0.15) is 6.92 Å². The molecule has 0 aliphatic heterocycles. The Morgan fingerprint density at radius 2 is 2.22 bits per heavy atom. The molecular formula is C12H12BrF2NO2. The van der Waals surface area contributed by atoms with Crippen LogP contribution in [-0.4, -0.2) is 19.1 Å². The largest absolute Gasteiger partial charge is 0.463 e. The Morgan fingerprint density at radius 3 is 2.83 bits per heavy atom. The van der Waals surface area contributed by atoms with Gasteiger partial charge in [-0.2, -0.15) is 0 Å². The molecule has 1 N–H and O–H groups in total. The number of rotatable bonds is 5. The summed E-state index contributed by atoms with van der Waals surface area (Å²) in [7, 11) is 0. The molecule has 0 aliphatic carbocycles. The zero-order chi connectivity index (χ0) is 13.5. The zero-order valence-electron chi connectivity index (χ0n) is 9.67.